The number of aromatic nitrogens is 1. The van der Waals surface area contributed by atoms with E-state index in [1.165, 1.54) is 0 Å². The quantitative estimate of drug-likeness (QED) is 0.681. The van der Waals surface area contributed by atoms with Gasteiger partial charge in [0, 0.05) is 23.2 Å². The molecular formula is C14H10NO. The van der Waals surface area contributed by atoms with Crippen molar-refractivity contribution in [3.05, 3.63) is 60.8 Å². The summed E-state index contributed by atoms with van der Waals surface area (Å²) in [4.78, 5) is 3.15. The highest BCUT2D eigenvalue weighted by atomic mass is 16.5. The zero-order valence-corrected chi connectivity index (χ0v) is 8.60. The first-order valence-electron chi connectivity index (χ1n) is 5.13. The van der Waals surface area contributed by atoms with Gasteiger partial charge in [-0.3, -0.25) is 0 Å². The van der Waals surface area contributed by atoms with Crippen LogP contribution in [-0.4, -0.2) is 4.98 Å². The Kier molecular flexibility index (Phi) is 2.11. The van der Waals surface area contributed by atoms with Crippen molar-refractivity contribution < 1.29 is 4.74 Å². The van der Waals surface area contributed by atoms with Crippen molar-refractivity contribution in [3.63, 3.8) is 0 Å². The molecule has 0 bridgehead atoms. The molecule has 1 aromatic heterocycles. The molecule has 0 aliphatic carbocycles. The Balaban J connectivity index is 1.94. The highest BCUT2D eigenvalue weighted by Crippen LogP contribution is 2.24. The molecule has 3 rings (SSSR count). The zero-order valence-electron chi connectivity index (χ0n) is 8.60. The standard InChI is InChI=1S/C14H10NO/c1-2-4-12(5-3-1)16-13-6-7-14-11(10-13)8-9-15-14/h1-4,6-10,15H. The summed E-state index contributed by atoms with van der Waals surface area (Å²) in [6.45, 7) is 0. The van der Waals surface area contributed by atoms with E-state index in [4.69, 9.17) is 4.74 Å². The molecule has 0 aliphatic heterocycles. The van der Waals surface area contributed by atoms with E-state index in [-0.39, 0.29) is 0 Å². The molecule has 1 heterocycles. The van der Waals surface area contributed by atoms with Gasteiger partial charge in [0.05, 0.1) is 0 Å². The van der Waals surface area contributed by atoms with Gasteiger partial charge in [-0.25, -0.2) is 0 Å². The Morgan fingerprint density at radius 2 is 2.06 bits per heavy atom. The number of para-hydroxylation sites is 1. The molecule has 0 saturated carbocycles. The second kappa shape index (κ2) is 3.74. The fourth-order valence-electron chi connectivity index (χ4n) is 1.66. The molecule has 2 heteroatoms. The van der Waals surface area contributed by atoms with E-state index in [0.717, 1.165) is 22.4 Å². The van der Waals surface area contributed by atoms with Crippen LogP contribution < -0.4 is 4.74 Å². The van der Waals surface area contributed by atoms with E-state index < -0.39 is 0 Å². The van der Waals surface area contributed by atoms with Crippen molar-refractivity contribution >= 4 is 10.9 Å². The molecule has 0 fully saturated rings. The highest BCUT2D eigenvalue weighted by Gasteiger charge is 1.99. The van der Waals surface area contributed by atoms with E-state index in [9.17, 15) is 0 Å². The van der Waals surface area contributed by atoms with Gasteiger partial charge < -0.3 is 9.72 Å². The van der Waals surface area contributed by atoms with Crippen molar-refractivity contribution in [2.24, 2.45) is 0 Å². The zero-order chi connectivity index (χ0) is 10.8. The van der Waals surface area contributed by atoms with Crippen LogP contribution in [0.15, 0.2) is 54.7 Å². The molecule has 2 nitrogen and oxygen atoms in total. The average molecular weight is 208 g/mol. The summed E-state index contributed by atoms with van der Waals surface area (Å²) in [6.07, 6.45) is 1.92. The fourth-order valence-corrected chi connectivity index (χ4v) is 1.66. The number of hydrogen-bond acceptors (Lipinski definition) is 1. The van der Waals surface area contributed by atoms with Crippen molar-refractivity contribution in [2.45, 2.75) is 0 Å². The van der Waals surface area contributed by atoms with Crippen molar-refractivity contribution in [3.8, 4) is 11.5 Å². The summed E-state index contributed by atoms with van der Waals surface area (Å²) >= 11 is 0. The number of nitrogens with one attached hydrogen (secondary N) is 1. The number of benzene rings is 2. The first-order chi connectivity index (χ1) is 7.92. The summed E-state index contributed by atoms with van der Waals surface area (Å²) in [7, 11) is 0. The molecule has 1 N–H and O–H groups in total. The molecule has 0 unspecified atom stereocenters. The van der Waals surface area contributed by atoms with Crippen LogP contribution in [0.5, 0.6) is 11.5 Å². The van der Waals surface area contributed by atoms with Crippen LogP contribution in [-0.2, 0) is 0 Å². The van der Waals surface area contributed by atoms with Gasteiger partial charge in [0.1, 0.15) is 11.5 Å². The largest absolute Gasteiger partial charge is 0.457 e. The van der Waals surface area contributed by atoms with Gasteiger partial charge in [-0.1, -0.05) is 18.2 Å². The Morgan fingerprint density at radius 1 is 1.06 bits per heavy atom. The molecule has 16 heavy (non-hydrogen) atoms. The van der Waals surface area contributed by atoms with Gasteiger partial charge in [0.2, 0.25) is 0 Å². The number of H-pyrrole nitrogens is 1. The molecule has 0 aliphatic rings. The minimum Gasteiger partial charge on any atom is -0.457 e. The second-order valence-corrected chi connectivity index (χ2v) is 3.56. The van der Waals surface area contributed by atoms with Crippen LogP contribution in [0.1, 0.15) is 0 Å². The lowest BCUT2D eigenvalue weighted by Crippen LogP contribution is -1.83. The van der Waals surface area contributed by atoms with E-state index in [0.29, 0.717) is 0 Å². The molecule has 2 aromatic carbocycles. The first kappa shape index (κ1) is 9.04. The second-order valence-electron chi connectivity index (χ2n) is 3.56. The Bertz CT molecular complexity index is 598. The third-order valence-electron chi connectivity index (χ3n) is 2.43. The Morgan fingerprint density at radius 3 is 2.94 bits per heavy atom. The molecular weight excluding hydrogens is 198 g/mol. The minimum atomic E-state index is 0.734. The maximum Gasteiger partial charge on any atom is 0.135 e. The summed E-state index contributed by atoms with van der Waals surface area (Å²) in [5, 5.41) is 1.15. The number of ether oxygens (including phenoxy) is 1. The lowest BCUT2D eigenvalue weighted by Gasteiger charge is -2.04. The van der Waals surface area contributed by atoms with Gasteiger partial charge >= 0.3 is 0 Å². The van der Waals surface area contributed by atoms with Crippen LogP contribution in [0.4, 0.5) is 0 Å². The lowest BCUT2D eigenvalue weighted by atomic mass is 10.2. The molecule has 77 valence electrons. The van der Waals surface area contributed by atoms with Crippen molar-refractivity contribution in [1.29, 1.82) is 0 Å². The van der Waals surface area contributed by atoms with Gasteiger partial charge in [-0.15, -0.1) is 0 Å². The maximum atomic E-state index is 5.69. The number of rotatable bonds is 2. The minimum absolute atomic E-state index is 0.734. The fraction of sp³-hybridized carbons (Fsp3) is 0. The van der Waals surface area contributed by atoms with E-state index in [1.54, 1.807) is 0 Å². The number of hydrogen-bond donors (Lipinski definition) is 1. The van der Waals surface area contributed by atoms with Crippen LogP contribution in [0.2, 0.25) is 0 Å². The van der Waals surface area contributed by atoms with Crippen LogP contribution >= 0.6 is 0 Å². The van der Waals surface area contributed by atoms with Gasteiger partial charge in [-0.05, 0) is 30.3 Å². The van der Waals surface area contributed by atoms with E-state index >= 15 is 0 Å². The SMILES string of the molecule is [c]1ccccc1Oc1ccc2[nH]ccc2c1. The predicted octanol–water partition coefficient (Wildman–Crippen LogP) is 3.76. The molecule has 0 atom stereocenters. The normalized spacial score (nSPS) is 10.5. The van der Waals surface area contributed by atoms with Crippen molar-refractivity contribution in [1.82, 2.24) is 4.98 Å². The van der Waals surface area contributed by atoms with Crippen LogP contribution in [0.25, 0.3) is 10.9 Å². The number of fused-ring (bicyclic) bond motifs is 1. The number of aromatic amines is 1. The van der Waals surface area contributed by atoms with Gasteiger partial charge in [-0.2, -0.15) is 0 Å². The first-order valence-corrected chi connectivity index (χ1v) is 5.13. The Labute approximate surface area is 93.5 Å². The highest BCUT2D eigenvalue weighted by molar-refractivity contribution is 5.80. The molecule has 0 spiro atoms. The molecule has 1 radical (unpaired) electrons. The summed E-state index contributed by atoms with van der Waals surface area (Å²) in [5.74, 6) is 1.56. The van der Waals surface area contributed by atoms with Crippen LogP contribution in [0.3, 0.4) is 0 Å². The van der Waals surface area contributed by atoms with Crippen LogP contribution in [0, 0.1) is 6.07 Å². The lowest BCUT2D eigenvalue weighted by molar-refractivity contribution is 0.482. The topological polar surface area (TPSA) is 25.0 Å². The van der Waals surface area contributed by atoms with Gasteiger partial charge in [0.25, 0.3) is 0 Å². The monoisotopic (exact) mass is 208 g/mol. The molecule has 0 amide bonds. The summed E-state index contributed by atoms with van der Waals surface area (Å²) in [6, 6.07) is 18.6. The molecule has 0 saturated heterocycles. The third kappa shape index (κ3) is 1.65. The van der Waals surface area contributed by atoms with Crippen molar-refractivity contribution in [2.75, 3.05) is 0 Å². The maximum absolute atomic E-state index is 5.69. The third-order valence-corrected chi connectivity index (χ3v) is 2.43. The van der Waals surface area contributed by atoms with E-state index in [2.05, 4.69) is 11.1 Å². The van der Waals surface area contributed by atoms with Gasteiger partial charge in [0.15, 0.2) is 0 Å². The molecule has 3 aromatic rings. The predicted molar refractivity (Wildman–Crippen MR) is 63.7 cm³/mol. The smallest absolute Gasteiger partial charge is 0.135 e. The summed E-state index contributed by atoms with van der Waals surface area (Å²) in [5.41, 5.74) is 1.12. The summed E-state index contributed by atoms with van der Waals surface area (Å²) < 4.78 is 5.69. The average Bonchev–Trinajstić information content (AvgIpc) is 2.77. The Hall–Kier alpha value is -2.22. The van der Waals surface area contributed by atoms with E-state index in [1.807, 2.05) is 54.7 Å².